The first-order chi connectivity index (χ1) is 8.15. The standard InChI is InChI=1S/C13H14N2OS/c1-7-3-10-11(4-8(7)2)17-6-9-5-12(16)14-15-13(9)10/h3-4,9H,5-6H2,1-2H3,(H,14,16). The highest BCUT2D eigenvalue weighted by Crippen LogP contribution is 2.37. The van der Waals surface area contributed by atoms with Gasteiger partial charge in [0, 0.05) is 28.6 Å². The number of amides is 1. The SMILES string of the molecule is Cc1cc2c(cc1C)C1=NNC(=O)CC1CS2. The third-order valence-corrected chi connectivity index (χ3v) is 4.65. The van der Waals surface area contributed by atoms with Crippen LogP contribution < -0.4 is 5.43 Å². The van der Waals surface area contributed by atoms with Gasteiger partial charge in [-0.15, -0.1) is 11.8 Å². The molecule has 2 aliphatic rings. The lowest BCUT2D eigenvalue weighted by Gasteiger charge is -2.29. The number of benzene rings is 1. The second kappa shape index (κ2) is 3.88. The van der Waals surface area contributed by atoms with Gasteiger partial charge >= 0.3 is 0 Å². The summed E-state index contributed by atoms with van der Waals surface area (Å²) in [6.07, 6.45) is 0.568. The second-order valence-corrected chi connectivity index (χ2v) is 5.74. The van der Waals surface area contributed by atoms with E-state index in [9.17, 15) is 4.79 Å². The zero-order valence-corrected chi connectivity index (χ0v) is 10.7. The van der Waals surface area contributed by atoms with Gasteiger partial charge in [-0.25, -0.2) is 5.43 Å². The maximum absolute atomic E-state index is 11.3. The molecule has 0 aliphatic carbocycles. The molecule has 1 atom stereocenters. The molecule has 0 saturated carbocycles. The van der Waals surface area contributed by atoms with Crippen molar-refractivity contribution < 1.29 is 4.79 Å². The molecule has 1 aromatic rings. The average Bonchev–Trinajstić information content (AvgIpc) is 2.30. The number of hydrogen-bond donors (Lipinski definition) is 1. The topological polar surface area (TPSA) is 41.5 Å². The van der Waals surface area contributed by atoms with E-state index < -0.39 is 0 Å². The van der Waals surface area contributed by atoms with E-state index in [0.717, 1.165) is 11.5 Å². The van der Waals surface area contributed by atoms with E-state index in [1.165, 1.54) is 21.6 Å². The Morgan fingerprint density at radius 2 is 2.12 bits per heavy atom. The van der Waals surface area contributed by atoms with Gasteiger partial charge in [-0.1, -0.05) is 0 Å². The van der Waals surface area contributed by atoms with Crippen molar-refractivity contribution in [1.29, 1.82) is 0 Å². The first-order valence-electron chi connectivity index (χ1n) is 5.76. The molecule has 1 N–H and O–H groups in total. The summed E-state index contributed by atoms with van der Waals surface area (Å²) in [7, 11) is 0. The Morgan fingerprint density at radius 3 is 2.94 bits per heavy atom. The van der Waals surface area contributed by atoms with Crippen LogP contribution in [0.5, 0.6) is 0 Å². The molecule has 1 aromatic carbocycles. The van der Waals surface area contributed by atoms with Gasteiger partial charge in [-0.3, -0.25) is 4.79 Å². The Balaban J connectivity index is 2.12. The minimum atomic E-state index is 0.0339. The predicted octanol–water partition coefficient (Wildman–Crippen LogP) is 2.25. The van der Waals surface area contributed by atoms with Crippen LogP contribution in [0.4, 0.5) is 0 Å². The van der Waals surface area contributed by atoms with Crippen molar-refractivity contribution in [2.24, 2.45) is 11.0 Å². The average molecular weight is 246 g/mol. The minimum Gasteiger partial charge on any atom is -0.273 e. The van der Waals surface area contributed by atoms with E-state index in [1.807, 2.05) is 11.8 Å². The van der Waals surface area contributed by atoms with Crippen LogP contribution in [0.1, 0.15) is 23.1 Å². The Morgan fingerprint density at radius 1 is 1.35 bits per heavy atom. The smallest absolute Gasteiger partial charge is 0.240 e. The normalized spacial score (nSPS) is 22.4. The number of hydrogen-bond acceptors (Lipinski definition) is 3. The molecule has 0 bridgehead atoms. The van der Waals surface area contributed by atoms with Crippen LogP contribution in [0.3, 0.4) is 0 Å². The maximum Gasteiger partial charge on any atom is 0.240 e. The highest BCUT2D eigenvalue weighted by molar-refractivity contribution is 7.99. The van der Waals surface area contributed by atoms with Gasteiger partial charge < -0.3 is 0 Å². The van der Waals surface area contributed by atoms with Gasteiger partial charge in [-0.2, -0.15) is 5.10 Å². The molecular weight excluding hydrogens is 232 g/mol. The third-order valence-electron chi connectivity index (χ3n) is 3.43. The van der Waals surface area contributed by atoms with E-state index in [0.29, 0.717) is 6.42 Å². The van der Waals surface area contributed by atoms with Crippen LogP contribution in [-0.4, -0.2) is 17.4 Å². The minimum absolute atomic E-state index is 0.0339. The summed E-state index contributed by atoms with van der Waals surface area (Å²) in [5.41, 5.74) is 7.45. The summed E-state index contributed by atoms with van der Waals surface area (Å²) in [6, 6.07) is 4.42. The monoisotopic (exact) mass is 246 g/mol. The highest BCUT2D eigenvalue weighted by Gasteiger charge is 2.31. The first kappa shape index (κ1) is 10.8. The second-order valence-electron chi connectivity index (χ2n) is 4.68. The van der Waals surface area contributed by atoms with Crippen LogP contribution >= 0.6 is 11.8 Å². The fourth-order valence-corrected chi connectivity index (χ4v) is 3.53. The molecule has 0 saturated heterocycles. The maximum atomic E-state index is 11.3. The van der Waals surface area contributed by atoms with Crippen molar-refractivity contribution in [3.05, 3.63) is 28.8 Å². The lowest BCUT2D eigenvalue weighted by atomic mass is 9.91. The van der Waals surface area contributed by atoms with Crippen molar-refractivity contribution in [3.8, 4) is 0 Å². The first-order valence-corrected chi connectivity index (χ1v) is 6.74. The summed E-state index contributed by atoms with van der Waals surface area (Å²) in [6.45, 7) is 4.25. The zero-order valence-electron chi connectivity index (χ0n) is 9.91. The lowest BCUT2D eigenvalue weighted by molar-refractivity contribution is -0.121. The number of carbonyl (C=O) groups is 1. The molecule has 0 spiro atoms. The van der Waals surface area contributed by atoms with Crippen LogP contribution in [0.15, 0.2) is 22.1 Å². The fraction of sp³-hybridized carbons (Fsp3) is 0.385. The van der Waals surface area contributed by atoms with Gasteiger partial charge in [0.2, 0.25) is 5.91 Å². The molecule has 17 heavy (non-hydrogen) atoms. The van der Waals surface area contributed by atoms with Gasteiger partial charge in [0.25, 0.3) is 0 Å². The molecular formula is C13H14N2OS. The summed E-state index contributed by atoms with van der Waals surface area (Å²) >= 11 is 1.84. The number of carbonyl (C=O) groups excluding carboxylic acids is 1. The number of fused-ring (bicyclic) bond motifs is 3. The fourth-order valence-electron chi connectivity index (χ4n) is 2.30. The number of thioether (sulfide) groups is 1. The Kier molecular flexibility index (Phi) is 2.47. The summed E-state index contributed by atoms with van der Waals surface area (Å²) in [4.78, 5) is 12.6. The Hall–Kier alpha value is -1.29. The van der Waals surface area contributed by atoms with Crippen molar-refractivity contribution >= 4 is 23.4 Å². The predicted molar refractivity (Wildman–Crippen MR) is 69.4 cm³/mol. The molecule has 88 valence electrons. The molecule has 0 aromatic heterocycles. The Labute approximate surface area is 105 Å². The van der Waals surface area contributed by atoms with E-state index in [4.69, 9.17) is 0 Å². The van der Waals surface area contributed by atoms with Crippen LogP contribution in [-0.2, 0) is 4.79 Å². The largest absolute Gasteiger partial charge is 0.273 e. The van der Waals surface area contributed by atoms with Crippen molar-refractivity contribution in [1.82, 2.24) is 5.43 Å². The summed E-state index contributed by atoms with van der Waals surface area (Å²) in [5, 5.41) is 4.25. The van der Waals surface area contributed by atoms with Gasteiger partial charge in [0.15, 0.2) is 0 Å². The van der Waals surface area contributed by atoms with Gasteiger partial charge in [-0.05, 0) is 37.1 Å². The van der Waals surface area contributed by atoms with Crippen molar-refractivity contribution in [2.75, 3.05) is 5.75 Å². The number of nitrogens with zero attached hydrogens (tertiary/aromatic N) is 1. The van der Waals surface area contributed by atoms with E-state index in [-0.39, 0.29) is 11.8 Å². The van der Waals surface area contributed by atoms with Crippen LogP contribution in [0.25, 0.3) is 0 Å². The molecule has 0 fully saturated rings. The van der Waals surface area contributed by atoms with Crippen LogP contribution in [0.2, 0.25) is 0 Å². The van der Waals surface area contributed by atoms with Crippen molar-refractivity contribution in [2.45, 2.75) is 25.2 Å². The molecule has 2 aliphatic heterocycles. The molecule has 3 rings (SSSR count). The number of aryl methyl sites for hydroxylation is 2. The van der Waals surface area contributed by atoms with E-state index in [2.05, 4.69) is 36.5 Å². The van der Waals surface area contributed by atoms with Gasteiger partial charge in [0.05, 0.1) is 5.71 Å². The van der Waals surface area contributed by atoms with Crippen LogP contribution in [0, 0.1) is 19.8 Å². The van der Waals surface area contributed by atoms with Gasteiger partial charge in [0.1, 0.15) is 0 Å². The quantitative estimate of drug-likeness (QED) is 0.763. The highest BCUT2D eigenvalue weighted by atomic mass is 32.2. The molecule has 1 unspecified atom stereocenters. The van der Waals surface area contributed by atoms with E-state index >= 15 is 0 Å². The summed E-state index contributed by atoms with van der Waals surface area (Å²) < 4.78 is 0. The summed E-state index contributed by atoms with van der Waals surface area (Å²) in [5.74, 6) is 1.27. The molecule has 0 radical (unpaired) electrons. The zero-order chi connectivity index (χ0) is 12.0. The number of nitrogens with one attached hydrogen (secondary N) is 1. The van der Waals surface area contributed by atoms with Crippen molar-refractivity contribution in [3.63, 3.8) is 0 Å². The molecule has 4 heteroatoms. The lowest BCUT2D eigenvalue weighted by Crippen LogP contribution is -2.36. The third kappa shape index (κ3) is 1.76. The molecule has 3 nitrogen and oxygen atoms in total. The number of hydrazone groups is 1. The number of rotatable bonds is 0. The van der Waals surface area contributed by atoms with E-state index in [1.54, 1.807) is 0 Å². The Bertz CT molecular complexity index is 536. The molecule has 2 heterocycles. The molecule has 1 amide bonds.